The Morgan fingerprint density at radius 1 is 1.00 bits per heavy atom. The summed E-state index contributed by atoms with van der Waals surface area (Å²) in [6.07, 6.45) is 1.00. The number of hydrogen-bond acceptors (Lipinski definition) is 5. The largest absolute Gasteiger partial charge is 0.357 e. The van der Waals surface area contributed by atoms with Gasteiger partial charge in [0, 0.05) is 30.8 Å². The quantitative estimate of drug-likeness (QED) is 0.334. The van der Waals surface area contributed by atoms with E-state index in [1.54, 1.807) is 34.0 Å². The molecule has 0 atom stereocenters. The summed E-state index contributed by atoms with van der Waals surface area (Å²) in [5.41, 5.74) is 7.24. The normalized spacial score (nSPS) is 10.8. The Morgan fingerprint density at radius 3 is 2.48 bits per heavy atom. The molecule has 3 nitrogen and oxygen atoms in total. The first-order chi connectivity index (χ1) is 14.1. The highest BCUT2D eigenvalue weighted by molar-refractivity contribution is 7.29. The summed E-state index contributed by atoms with van der Waals surface area (Å²) in [7, 11) is 0. The summed E-state index contributed by atoms with van der Waals surface area (Å²) < 4.78 is 0. The predicted octanol–water partition coefficient (Wildman–Crippen LogP) is 6.76. The fourth-order valence-electron chi connectivity index (χ4n) is 3.20. The van der Waals surface area contributed by atoms with Crippen LogP contribution >= 0.6 is 45.3 Å². The fraction of sp³-hybridized carbons (Fsp3) is 0.182. The predicted molar refractivity (Wildman–Crippen MR) is 126 cm³/mol. The summed E-state index contributed by atoms with van der Waals surface area (Å²) in [4.78, 5) is 11.6. The molecule has 0 saturated heterocycles. The van der Waals surface area contributed by atoms with Crippen molar-refractivity contribution in [2.24, 2.45) is 0 Å². The van der Waals surface area contributed by atoms with Crippen molar-refractivity contribution < 1.29 is 5.73 Å². The average Bonchev–Trinajstić information content (AvgIpc) is 3.47. The first-order valence-corrected chi connectivity index (χ1v) is 12.4. The van der Waals surface area contributed by atoms with Crippen molar-refractivity contribution in [2.75, 3.05) is 6.54 Å². The maximum Gasteiger partial charge on any atom is 0.224 e. The molecule has 0 radical (unpaired) electrons. The average molecular weight is 453 g/mol. The lowest BCUT2D eigenvalue weighted by atomic mass is 10.1. The Morgan fingerprint density at radius 2 is 1.83 bits per heavy atom. The molecule has 4 aromatic heterocycles. The number of aryl methyl sites for hydroxylation is 2. The zero-order chi connectivity index (χ0) is 20.5. The molecule has 0 fully saturated rings. The van der Waals surface area contributed by atoms with Crippen LogP contribution in [0.3, 0.4) is 0 Å². The van der Waals surface area contributed by atoms with E-state index in [0.29, 0.717) is 11.3 Å². The van der Waals surface area contributed by atoms with Gasteiger partial charge in [-0.1, -0.05) is 0 Å². The van der Waals surface area contributed by atoms with Crippen molar-refractivity contribution >= 4 is 51.0 Å². The zero-order valence-corrected chi connectivity index (χ0v) is 19.3. The molecule has 4 aromatic rings. The molecule has 0 unspecified atom stereocenters. The second-order valence-electron chi connectivity index (χ2n) is 6.63. The van der Waals surface area contributed by atoms with E-state index in [1.807, 2.05) is 16.7 Å². The van der Waals surface area contributed by atoms with Gasteiger partial charge in [0.2, 0.25) is 5.69 Å². The molecule has 7 heteroatoms. The number of nitriles is 1. The van der Waals surface area contributed by atoms with E-state index in [1.165, 1.54) is 14.6 Å². The molecule has 0 aromatic carbocycles. The van der Waals surface area contributed by atoms with Gasteiger partial charge in [0.25, 0.3) is 0 Å². The topological polar surface area (TPSA) is 55.8 Å². The minimum absolute atomic E-state index is 0.487. The number of rotatable bonds is 5. The summed E-state index contributed by atoms with van der Waals surface area (Å²) in [6, 6.07) is 10.9. The molecule has 29 heavy (non-hydrogen) atoms. The molecular weight excluding hydrogens is 435 g/mol. The lowest BCUT2D eigenvalue weighted by Gasteiger charge is -1.96. The van der Waals surface area contributed by atoms with E-state index in [-0.39, 0.29) is 0 Å². The second-order valence-corrected chi connectivity index (χ2v) is 10.8. The monoisotopic (exact) mass is 452 g/mol. The summed E-state index contributed by atoms with van der Waals surface area (Å²) in [5, 5.41) is 11.8. The third kappa shape index (κ3) is 3.57. The molecule has 0 aliphatic heterocycles. The highest BCUT2D eigenvalue weighted by atomic mass is 32.1. The van der Waals surface area contributed by atoms with E-state index in [0.717, 1.165) is 43.6 Å². The first kappa shape index (κ1) is 20.0. The number of nitrogens with zero attached hydrogens (tertiary/aromatic N) is 2. The van der Waals surface area contributed by atoms with Crippen LogP contribution in [0.15, 0.2) is 29.6 Å². The first-order valence-electron chi connectivity index (χ1n) is 9.05. The smallest absolute Gasteiger partial charge is 0.224 e. The summed E-state index contributed by atoms with van der Waals surface area (Å²) in [6.45, 7) is 12.8. The molecular formula is C22H18N3S4+. The van der Waals surface area contributed by atoms with Gasteiger partial charge in [-0.05, 0) is 54.6 Å². The molecule has 0 bridgehead atoms. The minimum Gasteiger partial charge on any atom is -0.357 e. The van der Waals surface area contributed by atoms with Crippen molar-refractivity contribution in [3.63, 3.8) is 0 Å². The molecule has 4 rings (SSSR count). The highest BCUT2D eigenvalue weighted by Gasteiger charge is 2.24. The maximum atomic E-state index is 9.80. The van der Waals surface area contributed by atoms with Crippen LogP contribution in [0.4, 0.5) is 5.69 Å². The van der Waals surface area contributed by atoms with Gasteiger partial charge in [-0.25, -0.2) is 4.85 Å². The van der Waals surface area contributed by atoms with E-state index < -0.39 is 0 Å². The van der Waals surface area contributed by atoms with Crippen LogP contribution in [0.25, 0.3) is 34.1 Å². The van der Waals surface area contributed by atoms with Gasteiger partial charge in [-0.15, -0.1) is 45.3 Å². The molecule has 3 N–H and O–H groups in total. The van der Waals surface area contributed by atoms with Crippen LogP contribution in [0, 0.1) is 31.8 Å². The van der Waals surface area contributed by atoms with E-state index in [2.05, 4.69) is 54.8 Å². The van der Waals surface area contributed by atoms with Gasteiger partial charge >= 0.3 is 0 Å². The lowest BCUT2D eigenvalue weighted by Crippen LogP contribution is -2.51. The molecule has 0 spiro atoms. The number of quaternary nitrogens is 1. The molecule has 0 amide bonds. The molecule has 144 valence electrons. The molecule has 0 aliphatic carbocycles. The summed E-state index contributed by atoms with van der Waals surface area (Å²) in [5.74, 6) is 0. The van der Waals surface area contributed by atoms with Crippen LogP contribution < -0.4 is 5.73 Å². The number of thiophene rings is 4. The van der Waals surface area contributed by atoms with Crippen molar-refractivity contribution in [3.8, 4) is 35.3 Å². The fourth-order valence-corrected chi connectivity index (χ4v) is 8.03. The molecule has 0 saturated carbocycles. The Labute approximate surface area is 186 Å². The SMILES string of the molecule is [C-]#[N+]c1c(-c2sc(-c3ccc(CC[NH3+])s3)cc2C)sc(-c2sccc2C)c1C#N. The minimum atomic E-state index is 0.487. The van der Waals surface area contributed by atoms with Crippen LogP contribution in [-0.2, 0) is 6.42 Å². The summed E-state index contributed by atoms with van der Waals surface area (Å²) >= 11 is 6.74. The molecule has 0 aliphatic rings. The zero-order valence-electron chi connectivity index (χ0n) is 16.0. The van der Waals surface area contributed by atoms with Gasteiger partial charge in [-0.3, -0.25) is 0 Å². The van der Waals surface area contributed by atoms with Gasteiger partial charge in [0.1, 0.15) is 0 Å². The van der Waals surface area contributed by atoms with Gasteiger partial charge in [0.05, 0.1) is 34.5 Å². The van der Waals surface area contributed by atoms with Crippen molar-refractivity contribution in [1.29, 1.82) is 5.26 Å². The van der Waals surface area contributed by atoms with Crippen LogP contribution in [0.1, 0.15) is 21.6 Å². The van der Waals surface area contributed by atoms with E-state index >= 15 is 0 Å². The van der Waals surface area contributed by atoms with Crippen LogP contribution in [0.5, 0.6) is 0 Å². The third-order valence-electron chi connectivity index (χ3n) is 4.63. The van der Waals surface area contributed by atoms with Crippen molar-refractivity contribution in [2.45, 2.75) is 20.3 Å². The Bertz CT molecular complexity index is 1270. The second kappa shape index (κ2) is 8.23. The van der Waals surface area contributed by atoms with E-state index in [4.69, 9.17) is 6.57 Å². The van der Waals surface area contributed by atoms with Gasteiger partial charge < -0.3 is 5.73 Å². The van der Waals surface area contributed by atoms with Gasteiger partial charge in [0.15, 0.2) is 0 Å². The van der Waals surface area contributed by atoms with Gasteiger partial charge in [-0.2, -0.15) is 5.26 Å². The Balaban J connectivity index is 1.84. The van der Waals surface area contributed by atoms with E-state index in [9.17, 15) is 5.26 Å². The number of hydrogen-bond donors (Lipinski definition) is 1. The van der Waals surface area contributed by atoms with Crippen LogP contribution in [-0.4, -0.2) is 6.54 Å². The highest BCUT2D eigenvalue weighted by Crippen LogP contribution is 2.52. The lowest BCUT2D eigenvalue weighted by molar-refractivity contribution is -0.366. The van der Waals surface area contributed by atoms with Crippen molar-refractivity contribution in [3.05, 3.63) is 62.6 Å². The maximum absolute atomic E-state index is 9.80. The Kier molecular flexibility index (Phi) is 5.69. The standard InChI is InChI=1S/C22H17N3S4/c1-12-7-9-26-19(12)21-15(11-24)18(25-3)22(29-21)20-13(2)10-17(28-20)16-5-4-14(27-16)6-8-23/h4-5,7,9-10H,6,8,23H2,1-2H3/p+1. The van der Waals surface area contributed by atoms with Crippen LogP contribution in [0.2, 0.25) is 0 Å². The third-order valence-corrected chi connectivity index (χ3v) is 9.73. The Hall–Kier alpha value is -2.26. The molecule has 4 heterocycles. The van der Waals surface area contributed by atoms with Crippen molar-refractivity contribution in [1.82, 2.24) is 0 Å².